The molecule has 3 aliphatic rings. The minimum absolute atomic E-state index is 0.0661. The van der Waals surface area contributed by atoms with Gasteiger partial charge in [-0.1, -0.05) is 12.1 Å². The average molecular weight is 399 g/mol. The lowest BCUT2D eigenvalue weighted by atomic mass is 9.95. The van der Waals surface area contributed by atoms with Crippen LogP contribution >= 0.6 is 0 Å². The molecule has 2 saturated heterocycles. The van der Waals surface area contributed by atoms with Crippen molar-refractivity contribution in [2.24, 2.45) is 11.8 Å². The largest absolute Gasteiger partial charge is 0.369 e. The number of anilines is 1. The Morgan fingerprint density at radius 2 is 1.69 bits per heavy atom. The third-order valence-electron chi connectivity index (χ3n) is 6.57. The molecular formula is C23H34N4O2. The Kier molecular flexibility index (Phi) is 6.38. The van der Waals surface area contributed by atoms with Crippen molar-refractivity contribution in [3.05, 3.63) is 29.8 Å². The number of likely N-dealkylation sites (tertiary alicyclic amines) is 1. The summed E-state index contributed by atoms with van der Waals surface area (Å²) in [7, 11) is 0. The lowest BCUT2D eigenvalue weighted by molar-refractivity contribution is -0.136. The molecular weight excluding hydrogens is 364 g/mol. The van der Waals surface area contributed by atoms with Gasteiger partial charge in [0.1, 0.15) is 0 Å². The Morgan fingerprint density at radius 1 is 0.966 bits per heavy atom. The third kappa shape index (κ3) is 5.30. The predicted molar refractivity (Wildman–Crippen MR) is 115 cm³/mol. The number of aryl methyl sites for hydroxylation is 1. The normalized spacial score (nSPS) is 21.3. The minimum atomic E-state index is 0.0661. The van der Waals surface area contributed by atoms with E-state index in [2.05, 4.69) is 46.3 Å². The van der Waals surface area contributed by atoms with E-state index in [1.165, 1.54) is 11.3 Å². The van der Waals surface area contributed by atoms with E-state index in [1.807, 2.05) is 4.90 Å². The number of rotatable bonds is 6. The molecule has 29 heavy (non-hydrogen) atoms. The van der Waals surface area contributed by atoms with Crippen LogP contribution in [-0.4, -0.2) is 74.0 Å². The van der Waals surface area contributed by atoms with E-state index in [4.69, 9.17) is 0 Å². The smallest absolute Gasteiger partial charge is 0.225 e. The molecule has 1 aromatic carbocycles. The molecule has 0 unspecified atom stereocenters. The van der Waals surface area contributed by atoms with Crippen molar-refractivity contribution >= 4 is 17.5 Å². The van der Waals surface area contributed by atoms with Crippen LogP contribution in [0.25, 0.3) is 0 Å². The van der Waals surface area contributed by atoms with Crippen molar-refractivity contribution in [1.29, 1.82) is 0 Å². The van der Waals surface area contributed by atoms with E-state index in [1.54, 1.807) is 0 Å². The highest BCUT2D eigenvalue weighted by atomic mass is 16.2. The van der Waals surface area contributed by atoms with Crippen LogP contribution < -0.4 is 10.2 Å². The van der Waals surface area contributed by atoms with E-state index in [0.717, 1.165) is 71.5 Å². The molecule has 2 heterocycles. The van der Waals surface area contributed by atoms with Crippen molar-refractivity contribution in [3.8, 4) is 0 Å². The first-order valence-electron chi connectivity index (χ1n) is 11.2. The Labute approximate surface area is 174 Å². The van der Waals surface area contributed by atoms with E-state index in [0.29, 0.717) is 12.5 Å². The van der Waals surface area contributed by atoms with Crippen molar-refractivity contribution in [3.63, 3.8) is 0 Å². The highest BCUT2D eigenvalue weighted by Crippen LogP contribution is 2.32. The van der Waals surface area contributed by atoms with Gasteiger partial charge in [-0.25, -0.2) is 0 Å². The average Bonchev–Trinajstić information content (AvgIpc) is 3.59. The van der Waals surface area contributed by atoms with Crippen LogP contribution in [0.5, 0.6) is 0 Å². The first kappa shape index (κ1) is 20.2. The number of hydrogen-bond acceptors (Lipinski definition) is 4. The van der Waals surface area contributed by atoms with Crippen LogP contribution in [-0.2, 0) is 9.59 Å². The van der Waals surface area contributed by atoms with Crippen molar-refractivity contribution < 1.29 is 9.59 Å². The second-order valence-corrected chi connectivity index (χ2v) is 8.83. The second-order valence-electron chi connectivity index (χ2n) is 8.83. The summed E-state index contributed by atoms with van der Waals surface area (Å²) in [5, 5.41) is 3.13. The van der Waals surface area contributed by atoms with Gasteiger partial charge in [-0.3, -0.25) is 14.5 Å². The molecule has 6 nitrogen and oxygen atoms in total. The standard InChI is InChI=1S/C23H34N4O2/c1-18-3-2-4-21(17-18)26-15-13-25(14-16-26)12-9-24-22(28)19-7-10-27(11-8-19)23(29)20-5-6-20/h2-4,17,19-20H,5-16H2,1H3,(H,24,28). The number of carbonyl (C=O) groups excluding carboxylic acids is 2. The Morgan fingerprint density at radius 3 is 2.34 bits per heavy atom. The zero-order valence-electron chi connectivity index (χ0n) is 17.6. The van der Waals surface area contributed by atoms with Gasteiger partial charge in [0, 0.05) is 69.9 Å². The molecule has 0 aromatic heterocycles. The summed E-state index contributed by atoms with van der Waals surface area (Å²) in [6.07, 6.45) is 3.72. The lowest BCUT2D eigenvalue weighted by Crippen LogP contribution is -2.49. The zero-order valence-corrected chi connectivity index (χ0v) is 17.6. The van der Waals surface area contributed by atoms with Crippen LogP contribution in [0.4, 0.5) is 5.69 Å². The van der Waals surface area contributed by atoms with Gasteiger partial charge in [0.2, 0.25) is 11.8 Å². The summed E-state index contributed by atoms with van der Waals surface area (Å²) in [5.74, 6) is 0.832. The lowest BCUT2D eigenvalue weighted by Gasteiger charge is -2.36. The molecule has 1 saturated carbocycles. The van der Waals surface area contributed by atoms with E-state index in [-0.39, 0.29) is 17.7 Å². The molecule has 4 rings (SSSR count). The Bertz CT molecular complexity index is 717. The molecule has 2 amide bonds. The highest BCUT2D eigenvalue weighted by Gasteiger charge is 2.35. The summed E-state index contributed by atoms with van der Waals surface area (Å²) in [5.41, 5.74) is 2.61. The second kappa shape index (κ2) is 9.16. The SMILES string of the molecule is Cc1cccc(N2CCN(CCNC(=O)C3CCN(C(=O)C4CC4)CC3)CC2)c1. The molecule has 1 N–H and O–H groups in total. The van der Waals surface area contributed by atoms with Gasteiger partial charge >= 0.3 is 0 Å². The Hall–Kier alpha value is -2.08. The summed E-state index contributed by atoms with van der Waals surface area (Å²) in [6.45, 7) is 9.38. The van der Waals surface area contributed by atoms with Gasteiger partial charge in [0.15, 0.2) is 0 Å². The minimum Gasteiger partial charge on any atom is -0.369 e. The zero-order chi connectivity index (χ0) is 20.2. The van der Waals surface area contributed by atoms with Gasteiger partial charge in [0.05, 0.1) is 0 Å². The van der Waals surface area contributed by atoms with Gasteiger partial charge in [0.25, 0.3) is 0 Å². The van der Waals surface area contributed by atoms with Crippen LogP contribution in [0.2, 0.25) is 0 Å². The number of piperidine rings is 1. The summed E-state index contributed by atoms with van der Waals surface area (Å²) < 4.78 is 0. The van der Waals surface area contributed by atoms with E-state index < -0.39 is 0 Å². The fourth-order valence-corrected chi connectivity index (χ4v) is 4.49. The Balaban J connectivity index is 1.12. The predicted octanol–water partition coefficient (Wildman–Crippen LogP) is 1.88. The van der Waals surface area contributed by atoms with Gasteiger partial charge in [-0.2, -0.15) is 0 Å². The van der Waals surface area contributed by atoms with E-state index >= 15 is 0 Å². The molecule has 1 aromatic rings. The van der Waals surface area contributed by atoms with Crippen molar-refractivity contribution in [2.75, 3.05) is 57.3 Å². The van der Waals surface area contributed by atoms with Crippen LogP contribution in [0, 0.1) is 18.8 Å². The fraction of sp³-hybridized carbons (Fsp3) is 0.652. The summed E-state index contributed by atoms with van der Waals surface area (Å²) >= 11 is 0. The van der Waals surface area contributed by atoms with Gasteiger partial charge in [-0.05, 0) is 50.3 Å². The molecule has 6 heteroatoms. The number of carbonyl (C=O) groups is 2. The number of nitrogens with one attached hydrogen (secondary N) is 1. The maximum absolute atomic E-state index is 12.5. The molecule has 0 bridgehead atoms. The number of hydrogen-bond donors (Lipinski definition) is 1. The van der Waals surface area contributed by atoms with E-state index in [9.17, 15) is 9.59 Å². The number of nitrogens with zero attached hydrogens (tertiary/aromatic N) is 3. The van der Waals surface area contributed by atoms with Gasteiger partial charge in [-0.15, -0.1) is 0 Å². The third-order valence-corrected chi connectivity index (χ3v) is 6.57. The molecule has 0 spiro atoms. The van der Waals surface area contributed by atoms with Crippen LogP contribution in [0.1, 0.15) is 31.2 Å². The molecule has 1 aliphatic carbocycles. The molecule has 3 fully saturated rings. The monoisotopic (exact) mass is 398 g/mol. The van der Waals surface area contributed by atoms with Crippen molar-refractivity contribution in [2.45, 2.75) is 32.6 Å². The fourth-order valence-electron chi connectivity index (χ4n) is 4.49. The van der Waals surface area contributed by atoms with Crippen molar-refractivity contribution in [1.82, 2.24) is 15.1 Å². The molecule has 0 atom stereocenters. The van der Waals surface area contributed by atoms with Gasteiger partial charge < -0.3 is 15.1 Å². The number of piperazine rings is 1. The first-order chi connectivity index (χ1) is 14.1. The first-order valence-corrected chi connectivity index (χ1v) is 11.2. The maximum atomic E-state index is 12.5. The highest BCUT2D eigenvalue weighted by molar-refractivity contribution is 5.82. The summed E-state index contributed by atoms with van der Waals surface area (Å²) in [4.78, 5) is 31.5. The quantitative estimate of drug-likeness (QED) is 0.795. The molecule has 2 aliphatic heterocycles. The molecule has 0 radical (unpaired) electrons. The number of amides is 2. The topological polar surface area (TPSA) is 55.9 Å². The number of benzene rings is 1. The summed E-state index contributed by atoms with van der Waals surface area (Å²) in [6, 6.07) is 8.70. The van der Waals surface area contributed by atoms with Crippen LogP contribution in [0.15, 0.2) is 24.3 Å². The van der Waals surface area contributed by atoms with Crippen LogP contribution in [0.3, 0.4) is 0 Å². The maximum Gasteiger partial charge on any atom is 0.225 e. The molecule has 158 valence electrons.